The van der Waals surface area contributed by atoms with Crippen molar-refractivity contribution in [2.75, 3.05) is 7.11 Å². The van der Waals surface area contributed by atoms with Gasteiger partial charge in [0, 0.05) is 9.58 Å². The topological polar surface area (TPSA) is 35.0 Å². The number of benzene rings is 1. The summed E-state index contributed by atoms with van der Waals surface area (Å²) in [6, 6.07) is 2.19. The van der Waals surface area contributed by atoms with Crippen LogP contribution in [0, 0.1) is 19.3 Å². The minimum atomic E-state index is 0.288. The predicted molar refractivity (Wildman–Crippen MR) is 94.1 cm³/mol. The molecule has 0 saturated heterocycles. The Morgan fingerprint density at radius 1 is 1.09 bits per heavy atom. The summed E-state index contributed by atoms with van der Waals surface area (Å²) in [6.45, 7) is 11.2. The molecule has 4 heteroatoms. The van der Waals surface area contributed by atoms with Gasteiger partial charge < -0.3 is 4.74 Å². The molecule has 0 saturated carbocycles. The number of methoxy groups -OCH3 is 1. The van der Waals surface area contributed by atoms with Gasteiger partial charge in [-0.2, -0.15) is 0 Å². The molecular formula is C18H22N2OS. The molecule has 0 spiro atoms. The fourth-order valence-electron chi connectivity index (χ4n) is 2.90. The molecule has 0 N–H and O–H groups in total. The lowest BCUT2D eigenvalue weighted by Crippen LogP contribution is -2.08. The molecule has 0 aliphatic heterocycles. The maximum atomic E-state index is 5.41. The van der Waals surface area contributed by atoms with E-state index in [-0.39, 0.29) is 5.41 Å². The smallest absolute Gasteiger partial charge is 0.224 e. The highest BCUT2D eigenvalue weighted by Gasteiger charge is 2.19. The van der Waals surface area contributed by atoms with Crippen LogP contribution >= 0.6 is 11.3 Å². The van der Waals surface area contributed by atoms with Gasteiger partial charge in [0.2, 0.25) is 5.88 Å². The maximum absolute atomic E-state index is 5.41. The van der Waals surface area contributed by atoms with Gasteiger partial charge in [0.25, 0.3) is 0 Å². The molecule has 0 amide bonds. The number of hydrogen-bond acceptors (Lipinski definition) is 4. The van der Waals surface area contributed by atoms with Crippen LogP contribution in [0.1, 0.15) is 36.8 Å². The minimum Gasteiger partial charge on any atom is -0.480 e. The number of aromatic nitrogens is 2. The van der Waals surface area contributed by atoms with Crippen LogP contribution in [-0.2, 0) is 6.42 Å². The first-order chi connectivity index (χ1) is 10.3. The SMILES string of the molecule is COc1ncnc2c(C)c3sc(CC(C)(C)C)c(C)c3cc12. The number of fused-ring (bicyclic) bond motifs is 2. The van der Waals surface area contributed by atoms with Gasteiger partial charge in [-0.15, -0.1) is 11.3 Å². The quantitative estimate of drug-likeness (QED) is 0.663. The second-order valence-electron chi connectivity index (χ2n) is 7.05. The number of hydrogen-bond donors (Lipinski definition) is 0. The molecule has 0 fully saturated rings. The third-order valence-electron chi connectivity index (χ3n) is 4.01. The maximum Gasteiger partial charge on any atom is 0.224 e. The first kappa shape index (κ1) is 15.2. The number of rotatable bonds is 2. The predicted octanol–water partition coefficient (Wildman–Crippen LogP) is 5.06. The summed E-state index contributed by atoms with van der Waals surface area (Å²) in [6.07, 6.45) is 2.67. The van der Waals surface area contributed by atoms with Crippen molar-refractivity contribution in [1.82, 2.24) is 9.97 Å². The van der Waals surface area contributed by atoms with Gasteiger partial charge >= 0.3 is 0 Å². The zero-order valence-corrected chi connectivity index (χ0v) is 14.9. The van der Waals surface area contributed by atoms with Crippen LogP contribution in [0.2, 0.25) is 0 Å². The highest BCUT2D eigenvalue weighted by atomic mass is 32.1. The number of nitrogens with zero attached hydrogens (tertiary/aromatic N) is 2. The van der Waals surface area contributed by atoms with E-state index in [1.165, 1.54) is 26.1 Å². The Morgan fingerprint density at radius 2 is 1.82 bits per heavy atom. The Bertz CT molecular complexity index is 859. The van der Waals surface area contributed by atoms with Gasteiger partial charge in [0.15, 0.2) is 0 Å². The van der Waals surface area contributed by atoms with Crippen LogP contribution in [0.5, 0.6) is 5.88 Å². The molecule has 0 bridgehead atoms. The summed E-state index contributed by atoms with van der Waals surface area (Å²) < 4.78 is 6.75. The van der Waals surface area contributed by atoms with Crippen molar-refractivity contribution in [3.63, 3.8) is 0 Å². The molecule has 22 heavy (non-hydrogen) atoms. The summed E-state index contributed by atoms with van der Waals surface area (Å²) in [7, 11) is 1.66. The van der Waals surface area contributed by atoms with Gasteiger partial charge in [0.05, 0.1) is 18.0 Å². The highest BCUT2D eigenvalue weighted by molar-refractivity contribution is 7.19. The van der Waals surface area contributed by atoms with E-state index in [1.54, 1.807) is 13.4 Å². The molecule has 3 nitrogen and oxygen atoms in total. The van der Waals surface area contributed by atoms with Crippen molar-refractivity contribution < 1.29 is 4.74 Å². The molecule has 0 aliphatic carbocycles. The van der Waals surface area contributed by atoms with Crippen molar-refractivity contribution in [3.8, 4) is 5.88 Å². The number of ether oxygens (including phenoxy) is 1. The summed E-state index contributed by atoms with van der Waals surface area (Å²) in [5.41, 5.74) is 3.88. The van der Waals surface area contributed by atoms with Gasteiger partial charge in [-0.25, -0.2) is 9.97 Å². The van der Waals surface area contributed by atoms with E-state index in [1.807, 2.05) is 11.3 Å². The standard InChI is InChI=1S/C18H22N2OS/c1-10-12-7-13-15(19-9-20-17(13)21-6)11(2)16(12)22-14(10)8-18(3,4)5/h7,9H,8H2,1-6H3. The van der Waals surface area contributed by atoms with Crippen LogP contribution in [0.4, 0.5) is 0 Å². The molecule has 0 atom stereocenters. The Morgan fingerprint density at radius 3 is 2.45 bits per heavy atom. The molecule has 3 rings (SSSR count). The van der Waals surface area contributed by atoms with E-state index in [0.717, 1.165) is 17.3 Å². The molecule has 0 unspecified atom stereocenters. The average Bonchev–Trinajstić information content (AvgIpc) is 2.74. The van der Waals surface area contributed by atoms with E-state index in [2.05, 4.69) is 50.7 Å². The minimum absolute atomic E-state index is 0.288. The summed E-state index contributed by atoms with van der Waals surface area (Å²) >= 11 is 1.90. The van der Waals surface area contributed by atoms with Gasteiger partial charge in [-0.1, -0.05) is 20.8 Å². The van der Waals surface area contributed by atoms with Gasteiger partial charge in [-0.3, -0.25) is 0 Å². The normalized spacial score (nSPS) is 12.3. The second kappa shape index (κ2) is 5.20. The first-order valence-electron chi connectivity index (χ1n) is 7.52. The summed E-state index contributed by atoms with van der Waals surface area (Å²) in [5.74, 6) is 0.651. The Hall–Kier alpha value is -1.68. The molecular weight excluding hydrogens is 292 g/mol. The van der Waals surface area contributed by atoms with E-state index >= 15 is 0 Å². The lowest BCUT2D eigenvalue weighted by atomic mass is 9.90. The van der Waals surface area contributed by atoms with Gasteiger partial charge in [-0.05, 0) is 48.3 Å². The lowest BCUT2D eigenvalue weighted by Gasteiger charge is -2.17. The second-order valence-corrected chi connectivity index (χ2v) is 8.15. The summed E-state index contributed by atoms with van der Waals surface area (Å²) in [5, 5.41) is 2.31. The summed E-state index contributed by atoms with van der Waals surface area (Å²) in [4.78, 5) is 10.2. The van der Waals surface area contributed by atoms with E-state index < -0.39 is 0 Å². The fourth-order valence-corrected chi connectivity index (χ4v) is 4.49. The Labute approximate surface area is 135 Å². The van der Waals surface area contributed by atoms with Crippen LogP contribution in [0.15, 0.2) is 12.4 Å². The number of aryl methyl sites for hydroxylation is 2. The van der Waals surface area contributed by atoms with E-state index in [4.69, 9.17) is 4.74 Å². The van der Waals surface area contributed by atoms with Crippen molar-refractivity contribution in [1.29, 1.82) is 0 Å². The Kier molecular flexibility index (Phi) is 3.60. The first-order valence-corrected chi connectivity index (χ1v) is 8.34. The molecule has 116 valence electrons. The lowest BCUT2D eigenvalue weighted by molar-refractivity contribution is 0.402. The van der Waals surface area contributed by atoms with Crippen LogP contribution in [0.25, 0.3) is 21.0 Å². The molecule has 2 heterocycles. The van der Waals surface area contributed by atoms with Crippen LogP contribution in [0.3, 0.4) is 0 Å². The van der Waals surface area contributed by atoms with Crippen molar-refractivity contribution in [3.05, 3.63) is 28.4 Å². The van der Waals surface area contributed by atoms with E-state index in [0.29, 0.717) is 5.88 Å². The van der Waals surface area contributed by atoms with E-state index in [9.17, 15) is 0 Å². The fraction of sp³-hybridized carbons (Fsp3) is 0.444. The Balaban J connectivity index is 2.33. The third-order valence-corrected chi connectivity index (χ3v) is 5.44. The van der Waals surface area contributed by atoms with Crippen LogP contribution in [-0.4, -0.2) is 17.1 Å². The number of thiophene rings is 1. The molecule has 1 aromatic carbocycles. The van der Waals surface area contributed by atoms with Crippen molar-refractivity contribution in [2.45, 2.75) is 41.0 Å². The molecule has 0 radical (unpaired) electrons. The molecule has 3 aromatic rings. The monoisotopic (exact) mass is 314 g/mol. The average molecular weight is 314 g/mol. The third kappa shape index (κ3) is 2.45. The molecule has 2 aromatic heterocycles. The molecule has 0 aliphatic rings. The zero-order chi connectivity index (χ0) is 16.1. The van der Waals surface area contributed by atoms with Gasteiger partial charge in [0.1, 0.15) is 6.33 Å². The van der Waals surface area contributed by atoms with Crippen molar-refractivity contribution >= 4 is 32.3 Å². The largest absolute Gasteiger partial charge is 0.480 e. The highest BCUT2D eigenvalue weighted by Crippen LogP contribution is 2.40. The van der Waals surface area contributed by atoms with Crippen molar-refractivity contribution in [2.24, 2.45) is 5.41 Å². The van der Waals surface area contributed by atoms with Crippen LogP contribution < -0.4 is 4.74 Å². The zero-order valence-electron chi connectivity index (χ0n) is 14.1.